The summed E-state index contributed by atoms with van der Waals surface area (Å²) in [4.78, 5) is 32.1. The van der Waals surface area contributed by atoms with Crippen LogP contribution in [0.3, 0.4) is 0 Å². The Balaban J connectivity index is 1.56. The molecule has 6 nitrogen and oxygen atoms in total. The topological polar surface area (TPSA) is 69.9 Å². The van der Waals surface area contributed by atoms with E-state index in [2.05, 4.69) is 11.6 Å². The molecular weight excluding hydrogens is 567 g/mol. The van der Waals surface area contributed by atoms with Crippen LogP contribution in [0.25, 0.3) is 6.08 Å². The molecule has 0 spiro atoms. The monoisotopic (exact) mass is 590 g/mol. The summed E-state index contributed by atoms with van der Waals surface area (Å²) in [5, 5.41) is 0.813. The van der Waals surface area contributed by atoms with Crippen LogP contribution in [0.5, 0.6) is 5.75 Å². The Bertz CT molecular complexity index is 1790. The van der Waals surface area contributed by atoms with Gasteiger partial charge >= 0.3 is 5.97 Å². The number of carbonyl (C=O) groups is 1. The number of fused-ring (bicyclic) bond motifs is 1. The SMILES string of the molecule is C=CCOC(=O)C1=C(C)N=c2sc(=Cc3ccc(Cl)c(Cl)c3)c(=O)n2C1c1ccc(OCc2ccccc2)cc1. The van der Waals surface area contributed by atoms with Crippen molar-refractivity contribution in [3.63, 3.8) is 0 Å². The van der Waals surface area contributed by atoms with Gasteiger partial charge in [0.1, 0.15) is 19.0 Å². The van der Waals surface area contributed by atoms with E-state index in [1.807, 2.05) is 54.6 Å². The summed E-state index contributed by atoms with van der Waals surface area (Å²) in [6.07, 6.45) is 3.23. The zero-order chi connectivity index (χ0) is 28.2. The molecule has 0 amide bonds. The fourth-order valence-electron chi connectivity index (χ4n) is 4.35. The summed E-state index contributed by atoms with van der Waals surface area (Å²) >= 11 is 13.5. The van der Waals surface area contributed by atoms with Gasteiger partial charge in [-0.25, -0.2) is 9.79 Å². The highest BCUT2D eigenvalue weighted by atomic mass is 35.5. The highest BCUT2D eigenvalue weighted by molar-refractivity contribution is 7.07. The molecule has 1 aliphatic heterocycles. The Labute approximate surface area is 244 Å². The smallest absolute Gasteiger partial charge is 0.338 e. The minimum absolute atomic E-state index is 0.0380. The molecule has 0 N–H and O–H groups in total. The molecular formula is C31H24Cl2N2O4S. The largest absolute Gasteiger partial charge is 0.489 e. The van der Waals surface area contributed by atoms with Gasteiger partial charge in [-0.15, -0.1) is 0 Å². The van der Waals surface area contributed by atoms with Crippen LogP contribution >= 0.6 is 34.5 Å². The minimum Gasteiger partial charge on any atom is -0.489 e. The van der Waals surface area contributed by atoms with Crippen LogP contribution in [0.1, 0.15) is 29.7 Å². The normalized spacial score (nSPS) is 14.9. The van der Waals surface area contributed by atoms with Crippen molar-refractivity contribution >= 4 is 46.6 Å². The van der Waals surface area contributed by atoms with E-state index in [1.165, 1.54) is 22.0 Å². The van der Waals surface area contributed by atoms with E-state index in [0.29, 0.717) is 43.0 Å². The number of halogens is 2. The van der Waals surface area contributed by atoms with Gasteiger partial charge < -0.3 is 9.47 Å². The van der Waals surface area contributed by atoms with Gasteiger partial charge in [0.2, 0.25) is 0 Å². The van der Waals surface area contributed by atoms with Crippen molar-refractivity contribution in [2.75, 3.05) is 6.61 Å². The average molecular weight is 592 g/mol. The second kappa shape index (κ2) is 12.1. The highest BCUT2D eigenvalue weighted by Crippen LogP contribution is 2.32. The first-order valence-electron chi connectivity index (χ1n) is 12.4. The number of esters is 1. The number of aromatic nitrogens is 1. The lowest BCUT2D eigenvalue weighted by Gasteiger charge is -2.24. The van der Waals surface area contributed by atoms with E-state index < -0.39 is 12.0 Å². The molecule has 1 atom stereocenters. The molecule has 40 heavy (non-hydrogen) atoms. The van der Waals surface area contributed by atoms with E-state index in [-0.39, 0.29) is 17.7 Å². The van der Waals surface area contributed by atoms with Crippen LogP contribution in [0.4, 0.5) is 0 Å². The quantitative estimate of drug-likeness (QED) is 0.191. The molecule has 1 unspecified atom stereocenters. The first-order chi connectivity index (χ1) is 19.4. The van der Waals surface area contributed by atoms with Crippen LogP contribution in [-0.2, 0) is 16.1 Å². The van der Waals surface area contributed by atoms with Gasteiger partial charge in [-0.3, -0.25) is 9.36 Å². The van der Waals surface area contributed by atoms with E-state index in [0.717, 1.165) is 11.1 Å². The van der Waals surface area contributed by atoms with Crippen molar-refractivity contribution in [1.82, 2.24) is 4.57 Å². The van der Waals surface area contributed by atoms with Crippen molar-refractivity contribution in [3.05, 3.63) is 143 Å². The number of hydrogen-bond acceptors (Lipinski definition) is 6. The molecule has 0 saturated heterocycles. The molecule has 1 aliphatic rings. The molecule has 5 rings (SSSR count). The van der Waals surface area contributed by atoms with Crippen LogP contribution in [0.15, 0.2) is 107 Å². The third-order valence-corrected chi connectivity index (χ3v) is 7.98. The Hall–Kier alpha value is -3.91. The Morgan fingerprint density at radius 3 is 2.52 bits per heavy atom. The second-order valence-corrected chi connectivity index (χ2v) is 10.8. The summed E-state index contributed by atoms with van der Waals surface area (Å²) in [6.45, 7) is 5.82. The third kappa shape index (κ3) is 5.82. The van der Waals surface area contributed by atoms with Crippen molar-refractivity contribution in [2.45, 2.75) is 19.6 Å². The van der Waals surface area contributed by atoms with Gasteiger partial charge in [-0.2, -0.15) is 0 Å². The molecule has 2 heterocycles. The fraction of sp³-hybridized carbons (Fsp3) is 0.129. The Morgan fingerprint density at radius 1 is 1.07 bits per heavy atom. The molecule has 0 bridgehead atoms. The van der Waals surface area contributed by atoms with Crippen LogP contribution in [0, 0.1) is 0 Å². The van der Waals surface area contributed by atoms with Gasteiger partial charge in [0.25, 0.3) is 5.56 Å². The molecule has 0 saturated carbocycles. The standard InChI is InChI=1S/C31H24Cl2N2O4S/c1-3-15-38-30(37)27-19(2)34-31-35(29(36)26(40-31)17-21-9-14-24(32)25(33)16-21)28(27)22-10-12-23(13-11-22)39-18-20-7-5-4-6-8-20/h3-14,16-17,28H,1,15,18H2,2H3. The summed E-state index contributed by atoms with van der Waals surface area (Å²) < 4.78 is 13.3. The Kier molecular flexibility index (Phi) is 8.35. The van der Waals surface area contributed by atoms with Gasteiger partial charge in [0.15, 0.2) is 4.80 Å². The first-order valence-corrected chi connectivity index (χ1v) is 13.9. The maximum atomic E-state index is 13.8. The number of benzene rings is 3. The fourth-order valence-corrected chi connectivity index (χ4v) is 5.70. The Morgan fingerprint density at radius 2 is 1.82 bits per heavy atom. The zero-order valence-corrected chi connectivity index (χ0v) is 23.8. The number of nitrogens with zero attached hydrogens (tertiary/aromatic N) is 2. The summed E-state index contributed by atoms with van der Waals surface area (Å²) in [6, 6.07) is 21.6. The van der Waals surface area contributed by atoms with E-state index in [9.17, 15) is 9.59 Å². The van der Waals surface area contributed by atoms with E-state index >= 15 is 0 Å². The van der Waals surface area contributed by atoms with Crippen LogP contribution < -0.4 is 19.6 Å². The number of allylic oxidation sites excluding steroid dienone is 1. The average Bonchev–Trinajstić information content (AvgIpc) is 3.26. The van der Waals surface area contributed by atoms with Crippen molar-refractivity contribution in [1.29, 1.82) is 0 Å². The van der Waals surface area contributed by atoms with Gasteiger partial charge in [-0.1, -0.05) is 95.7 Å². The first kappa shape index (κ1) is 27.6. The molecule has 1 aromatic heterocycles. The predicted octanol–water partition coefficient (Wildman–Crippen LogP) is 5.85. The number of carbonyl (C=O) groups excluding carboxylic acids is 1. The lowest BCUT2D eigenvalue weighted by Crippen LogP contribution is -2.39. The second-order valence-electron chi connectivity index (χ2n) is 8.99. The summed E-state index contributed by atoms with van der Waals surface area (Å²) in [7, 11) is 0. The lowest BCUT2D eigenvalue weighted by molar-refractivity contribution is -0.138. The summed E-state index contributed by atoms with van der Waals surface area (Å²) in [5.74, 6) is 0.102. The van der Waals surface area contributed by atoms with Crippen LogP contribution in [0.2, 0.25) is 10.0 Å². The minimum atomic E-state index is -0.743. The maximum absolute atomic E-state index is 13.8. The zero-order valence-electron chi connectivity index (χ0n) is 21.5. The third-order valence-electron chi connectivity index (χ3n) is 6.26. The van der Waals surface area contributed by atoms with E-state index in [4.69, 9.17) is 32.7 Å². The number of rotatable bonds is 8. The van der Waals surface area contributed by atoms with Crippen LogP contribution in [-0.4, -0.2) is 17.1 Å². The number of ether oxygens (including phenoxy) is 2. The van der Waals surface area contributed by atoms with Gasteiger partial charge in [0.05, 0.1) is 31.9 Å². The molecule has 4 aromatic rings. The molecule has 0 radical (unpaired) electrons. The molecule has 202 valence electrons. The van der Waals surface area contributed by atoms with Gasteiger partial charge in [0, 0.05) is 0 Å². The molecule has 9 heteroatoms. The highest BCUT2D eigenvalue weighted by Gasteiger charge is 2.33. The van der Waals surface area contributed by atoms with Crippen molar-refractivity contribution < 1.29 is 14.3 Å². The molecule has 0 aliphatic carbocycles. The van der Waals surface area contributed by atoms with Gasteiger partial charge in [-0.05, 0) is 54.0 Å². The number of thiazole rings is 1. The van der Waals surface area contributed by atoms with Crippen molar-refractivity contribution in [2.24, 2.45) is 4.99 Å². The molecule has 3 aromatic carbocycles. The van der Waals surface area contributed by atoms with Crippen molar-refractivity contribution in [3.8, 4) is 5.75 Å². The maximum Gasteiger partial charge on any atom is 0.338 e. The lowest BCUT2D eigenvalue weighted by atomic mass is 9.96. The summed E-state index contributed by atoms with van der Waals surface area (Å²) in [5.41, 5.74) is 2.96. The molecule has 0 fully saturated rings. The predicted molar refractivity (Wildman–Crippen MR) is 159 cm³/mol. The van der Waals surface area contributed by atoms with E-state index in [1.54, 1.807) is 31.2 Å². The number of hydrogen-bond donors (Lipinski definition) is 0.